The molecule has 1 aliphatic rings. The van der Waals surface area contributed by atoms with E-state index in [0.717, 1.165) is 16.9 Å². The lowest BCUT2D eigenvalue weighted by Gasteiger charge is -2.23. The van der Waals surface area contributed by atoms with Crippen molar-refractivity contribution in [3.8, 4) is 5.75 Å². The van der Waals surface area contributed by atoms with Crippen LogP contribution < -0.4 is 10.1 Å². The molecule has 3 aromatic rings. The number of para-hydroxylation sites is 1. The molecule has 1 atom stereocenters. The zero-order valence-corrected chi connectivity index (χ0v) is 14.5. The molecular weight excluding hydrogens is 350 g/mol. The quantitative estimate of drug-likeness (QED) is 0.632. The molecular formula is C18H17N5O4. The number of hydrogen-bond donors (Lipinski definition) is 3. The minimum absolute atomic E-state index is 0.0156. The van der Waals surface area contributed by atoms with Crippen LogP contribution >= 0.6 is 0 Å². The number of methoxy groups -OCH3 is 1. The van der Waals surface area contributed by atoms with E-state index in [1.165, 1.54) is 6.20 Å². The van der Waals surface area contributed by atoms with E-state index < -0.39 is 11.9 Å². The number of nitrogens with zero attached hydrogens (tertiary/aromatic N) is 3. The van der Waals surface area contributed by atoms with Crippen molar-refractivity contribution in [1.82, 2.24) is 20.0 Å². The number of carboxylic acid groups (broad SMARTS) is 1. The predicted molar refractivity (Wildman–Crippen MR) is 95.0 cm³/mol. The van der Waals surface area contributed by atoms with Gasteiger partial charge in [0.1, 0.15) is 17.3 Å². The number of hydrogen-bond acceptors (Lipinski definition) is 5. The van der Waals surface area contributed by atoms with Gasteiger partial charge in [-0.2, -0.15) is 10.2 Å². The van der Waals surface area contributed by atoms with Crippen molar-refractivity contribution >= 4 is 17.7 Å². The van der Waals surface area contributed by atoms with Crippen LogP contribution in [0.2, 0.25) is 0 Å². The van der Waals surface area contributed by atoms with Crippen molar-refractivity contribution in [2.75, 3.05) is 12.4 Å². The molecule has 1 aromatic carbocycles. The molecule has 2 aromatic heterocycles. The highest BCUT2D eigenvalue weighted by atomic mass is 16.5. The standard InChI is InChI=1S/C18H17N5O4/c1-27-14-5-3-2-4-10(14)9-23-17-13(8-20-23)11(6-15(24)21-17)12-7-19-22-16(12)18(25)26/h2-5,7-8,11H,6,9H2,1H3,(H,19,22)(H,21,24)(H,25,26). The maximum atomic E-state index is 12.3. The number of nitrogens with one attached hydrogen (secondary N) is 2. The van der Waals surface area contributed by atoms with Crippen LogP contribution in [0.5, 0.6) is 5.75 Å². The number of fused-ring (bicyclic) bond motifs is 1. The van der Waals surface area contributed by atoms with Crippen LogP contribution in [0.1, 0.15) is 39.5 Å². The zero-order chi connectivity index (χ0) is 19.0. The SMILES string of the molecule is COc1ccccc1Cn1ncc2c1NC(=O)CC2c1cn[nH]c1C(=O)O. The summed E-state index contributed by atoms with van der Waals surface area (Å²) in [6.07, 6.45) is 3.24. The van der Waals surface area contributed by atoms with Crippen molar-refractivity contribution in [2.24, 2.45) is 0 Å². The van der Waals surface area contributed by atoms with Gasteiger partial charge in [-0.3, -0.25) is 9.89 Å². The maximum Gasteiger partial charge on any atom is 0.354 e. The summed E-state index contributed by atoms with van der Waals surface area (Å²) in [4.78, 5) is 23.7. The Labute approximate surface area is 154 Å². The van der Waals surface area contributed by atoms with E-state index in [2.05, 4.69) is 20.6 Å². The summed E-state index contributed by atoms with van der Waals surface area (Å²) in [6, 6.07) is 7.57. The summed E-state index contributed by atoms with van der Waals surface area (Å²) in [5, 5.41) is 22.9. The number of carbonyl (C=O) groups is 2. The molecule has 1 aliphatic heterocycles. The molecule has 0 aliphatic carbocycles. The third kappa shape index (κ3) is 2.92. The number of anilines is 1. The van der Waals surface area contributed by atoms with Crippen LogP contribution in [0.3, 0.4) is 0 Å². The highest BCUT2D eigenvalue weighted by molar-refractivity contribution is 5.95. The average Bonchev–Trinajstić information content (AvgIpc) is 3.29. The average molecular weight is 367 g/mol. The molecule has 0 bridgehead atoms. The molecule has 3 heterocycles. The van der Waals surface area contributed by atoms with Gasteiger partial charge < -0.3 is 15.2 Å². The van der Waals surface area contributed by atoms with Crippen LogP contribution in [0, 0.1) is 0 Å². The van der Waals surface area contributed by atoms with Gasteiger partial charge in [0.2, 0.25) is 5.91 Å². The summed E-state index contributed by atoms with van der Waals surface area (Å²) in [6.45, 7) is 0.406. The normalized spacial score (nSPS) is 15.9. The number of aromatic amines is 1. The Kier molecular flexibility index (Phi) is 4.11. The Balaban J connectivity index is 1.74. The van der Waals surface area contributed by atoms with Gasteiger partial charge >= 0.3 is 5.97 Å². The number of rotatable bonds is 5. The van der Waals surface area contributed by atoms with Gasteiger partial charge in [0.25, 0.3) is 0 Å². The molecule has 1 unspecified atom stereocenters. The van der Waals surface area contributed by atoms with E-state index >= 15 is 0 Å². The van der Waals surface area contributed by atoms with E-state index in [0.29, 0.717) is 17.9 Å². The van der Waals surface area contributed by atoms with Gasteiger partial charge in [-0.1, -0.05) is 18.2 Å². The summed E-state index contributed by atoms with van der Waals surface area (Å²) in [5.41, 5.74) is 2.12. The van der Waals surface area contributed by atoms with Crippen LogP contribution in [0.25, 0.3) is 0 Å². The minimum atomic E-state index is -1.11. The lowest BCUT2D eigenvalue weighted by Crippen LogP contribution is -2.25. The Morgan fingerprint density at radius 2 is 2.15 bits per heavy atom. The number of aromatic carboxylic acids is 1. The number of aromatic nitrogens is 4. The van der Waals surface area contributed by atoms with Gasteiger partial charge in [-0.15, -0.1) is 0 Å². The molecule has 3 N–H and O–H groups in total. The Bertz CT molecular complexity index is 1020. The van der Waals surface area contributed by atoms with Crippen LogP contribution in [0.4, 0.5) is 5.82 Å². The molecule has 0 fully saturated rings. The first kappa shape index (κ1) is 16.8. The second kappa shape index (κ2) is 6.60. The molecule has 0 saturated heterocycles. The second-order valence-electron chi connectivity index (χ2n) is 6.23. The summed E-state index contributed by atoms with van der Waals surface area (Å²) >= 11 is 0. The molecule has 1 amide bonds. The zero-order valence-electron chi connectivity index (χ0n) is 14.5. The third-order valence-corrected chi connectivity index (χ3v) is 4.66. The fourth-order valence-corrected chi connectivity index (χ4v) is 3.39. The molecule has 0 spiro atoms. The van der Waals surface area contributed by atoms with Crippen molar-refractivity contribution in [3.63, 3.8) is 0 Å². The number of carbonyl (C=O) groups excluding carboxylic acids is 1. The highest BCUT2D eigenvalue weighted by Crippen LogP contribution is 2.38. The number of carboxylic acids is 1. The van der Waals surface area contributed by atoms with Gasteiger partial charge in [-0.25, -0.2) is 9.48 Å². The first-order chi connectivity index (χ1) is 13.1. The van der Waals surface area contributed by atoms with Crippen molar-refractivity contribution < 1.29 is 19.4 Å². The van der Waals surface area contributed by atoms with Crippen LogP contribution in [-0.2, 0) is 11.3 Å². The third-order valence-electron chi connectivity index (χ3n) is 4.66. The topological polar surface area (TPSA) is 122 Å². The number of ether oxygens (including phenoxy) is 1. The smallest absolute Gasteiger partial charge is 0.354 e. The Morgan fingerprint density at radius 1 is 1.33 bits per heavy atom. The monoisotopic (exact) mass is 367 g/mol. The van der Waals surface area contributed by atoms with E-state index in [9.17, 15) is 14.7 Å². The number of H-pyrrole nitrogens is 1. The van der Waals surface area contributed by atoms with Gasteiger partial charge in [0, 0.05) is 29.0 Å². The molecule has 0 radical (unpaired) electrons. The van der Waals surface area contributed by atoms with E-state index in [4.69, 9.17) is 4.74 Å². The molecule has 9 heteroatoms. The summed E-state index contributed by atoms with van der Waals surface area (Å²) < 4.78 is 7.05. The van der Waals surface area contributed by atoms with E-state index in [1.807, 2.05) is 24.3 Å². The molecule has 27 heavy (non-hydrogen) atoms. The Hall–Kier alpha value is -3.62. The summed E-state index contributed by atoms with van der Waals surface area (Å²) in [5.74, 6) is -0.462. The Morgan fingerprint density at radius 3 is 2.93 bits per heavy atom. The van der Waals surface area contributed by atoms with Crippen molar-refractivity contribution in [2.45, 2.75) is 18.9 Å². The van der Waals surface area contributed by atoms with Gasteiger partial charge in [0.15, 0.2) is 0 Å². The molecule has 0 saturated carbocycles. The molecule has 138 valence electrons. The lowest BCUT2D eigenvalue weighted by molar-refractivity contribution is -0.116. The predicted octanol–water partition coefficient (Wildman–Crippen LogP) is 1.84. The molecule has 9 nitrogen and oxygen atoms in total. The fourth-order valence-electron chi connectivity index (χ4n) is 3.39. The highest BCUT2D eigenvalue weighted by Gasteiger charge is 2.33. The minimum Gasteiger partial charge on any atom is -0.496 e. The van der Waals surface area contributed by atoms with E-state index in [-0.39, 0.29) is 18.0 Å². The van der Waals surface area contributed by atoms with Crippen LogP contribution in [0.15, 0.2) is 36.7 Å². The lowest BCUT2D eigenvalue weighted by atomic mass is 9.87. The number of benzene rings is 1. The fraction of sp³-hybridized carbons (Fsp3) is 0.222. The van der Waals surface area contributed by atoms with Crippen LogP contribution in [-0.4, -0.2) is 44.1 Å². The van der Waals surface area contributed by atoms with E-state index in [1.54, 1.807) is 18.0 Å². The first-order valence-corrected chi connectivity index (χ1v) is 8.32. The number of amides is 1. The largest absolute Gasteiger partial charge is 0.496 e. The first-order valence-electron chi connectivity index (χ1n) is 8.32. The maximum absolute atomic E-state index is 12.3. The van der Waals surface area contributed by atoms with Gasteiger partial charge in [-0.05, 0) is 6.07 Å². The van der Waals surface area contributed by atoms with Crippen molar-refractivity contribution in [1.29, 1.82) is 0 Å². The second-order valence-corrected chi connectivity index (χ2v) is 6.23. The summed E-state index contributed by atoms with van der Waals surface area (Å²) in [7, 11) is 1.60. The van der Waals surface area contributed by atoms with Crippen molar-refractivity contribution in [3.05, 3.63) is 59.0 Å². The van der Waals surface area contributed by atoms with Gasteiger partial charge in [0.05, 0.1) is 26.0 Å². The molecule has 4 rings (SSSR count).